The topological polar surface area (TPSA) is 52.0 Å². The summed E-state index contributed by atoms with van der Waals surface area (Å²) in [6, 6.07) is 2.10. The molecule has 2 heteroatoms. The van der Waals surface area contributed by atoms with Gasteiger partial charge in [0.15, 0.2) is 0 Å². The van der Waals surface area contributed by atoms with Crippen molar-refractivity contribution in [1.29, 1.82) is 0 Å². The highest BCUT2D eigenvalue weighted by molar-refractivity contribution is 5.71. The van der Waals surface area contributed by atoms with E-state index in [1.165, 1.54) is 48.8 Å². The molecule has 1 aliphatic rings. The van der Waals surface area contributed by atoms with E-state index in [0.29, 0.717) is 5.92 Å². The molecule has 88 valence electrons. The van der Waals surface area contributed by atoms with Crippen LogP contribution in [0.3, 0.4) is 0 Å². The lowest BCUT2D eigenvalue weighted by molar-refractivity contribution is 0.442. The molecule has 0 atom stereocenters. The van der Waals surface area contributed by atoms with Crippen molar-refractivity contribution in [3.05, 3.63) is 22.8 Å². The highest BCUT2D eigenvalue weighted by atomic mass is 14.7. The van der Waals surface area contributed by atoms with Crippen LogP contribution in [-0.2, 0) is 0 Å². The Bertz CT molecular complexity index is 390. The van der Waals surface area contributed by atoms with Crippen molar-refractivity contribution in [2.45, 2.75) is 51.9 Å². The predicted molar refractivity (Wildman–Crippen MR) is 70.6 cm³/mol. The Labute approximate surface area is 98.0 Å². The summed E-state index contributed by atoms with van der Waals surface area (Å²) in [5, 5.41) is 0. The largest absolute Gasteiger partial charge is 0.397 e. The molecule has 1 aromatic carbocycles. The molecule has 0 radical (unpaired) electrons. The summed E-state index contributed by atoms with van der Waals surface area (Å²) in [5.41, 5.74) is 17.4. The standard InChI is InChI=1S/C14H22N2/c1-9-10(2)14(16)13(15)8-12(9)11-6-4-3-5-7-11/h8,11H,3-7,15-16H2,1-2H3. The van der Waals surface area contributed by atoms with Crippen molar-refractivity contribution >= 4 is 11.4 Å². The van der Waals surface area contributed by atoms with Gasteiger partial charge in [-0.3, -0.25) is 0 Å². The highest BCUT2D eigenvalue weighted by Gasteiger charge is 2.19. The molecule has 0 saturated heterocycles. The fourth-order valence-corrected chi connectivity index (χ4v) is 2.83. The minimum Gasteiger partial charge on any atom is -0.397 e. The first-order valence-electron chi connectivity index (χ1n) is 6.26. The van der Waals surface area contributed by atoms with Crippen molar-refractivity contribution in [2.75, 3.05) is 11.5 Å². The van der Waals surface area contributed by atoms with Crippen LogP contribution in [0.25, 0.3) is 0 Å². The van der Waals surface area contributed by atoms with Crippen molar-refractivity contribution in [2.24, 2.45) is 0 Å². The van der Waals surface area contributed by atoms with E-state index in [9.17, 15) is 0 Å². The average molecular weight is 218 g/mol. The number of nitrogens with two attached hydrogens (primary N) is 2. The Hall–Kier alpha value is -1.18. The fourth-order valence-electron chi connectivity index (χ4n) is 2.83. The second-order valence-corrected chi connectivity index (χ2v) is 5.05. The highest BCUT2D eigenvalue weighted by Crippen LogP contribution is 2.38. The molecule has 2 rings (SSSR count). The van der Waals surface area contributed by atoms with Crippen LogP contribution in [0.4, 0.5) is 11.4 Å². The van der Waals surface area contributed by atoms with Crippen molar-refractivity contribution in [3.63, 3.8) is 0 Å². The quantitative estimate of drug-likeness (QED) is 0.709. The van der Waals surface area contributed by atoms with E-state index in [-0.39, 0.29) is 0 Å². The number of hydrogen-bond acceptors (Lipinski definition) is 2. The van der Waals surface area contributed by atoms with E-state index in [0.717, 1.165) is 11.4 Å². The van der Waals surface area contributed by atoms with Crippen LogP contribution in [0.1, 0.15) is 54.7 Å². The van der Waals surface area contributed by atoms with E-state index in [2.05, 4.69) is 19.9 Å². The zero-order valence-corrected chi connectivity index (χ0v) is 10.3. The van der Waals surface area contributed by atoms with Gasteiger partial charge in [-0.15, -0.1) is 0 Å². The van der Waals surface area contributed by atoms with Gasteiger partial charge in [-0.05, 0) is 55.4 Å². The molecule has 0 unspecified atom stereocenters. The second-order valence-electron chi connectivity index (χ2n) is 5.05. The second kappa shape index (κ2) is 4.36. The molecule has 0 aromatic heterocycles. The molecule has 1 saturated carbocycles. The summed E-state index contributed by atoms with van der Waals surface area (Å²) in [6.45, 7) is 4.25. The lowest BCUT2D eigenvalue weighted by Crippen LogP contribution is -2.09. The molecule has 0 heterocycles. The summed E-state index contributed by atoms with van der Waals surface area (Å²) < 4.78 is 0. The van der Waals surface area contributed by atoms with Crippen LogP contribution in [0, 0.1) is 13.8 Å². The minimum atomic E-state index is 0.704. The maximum atomic E-state index is 5.97. The first-order chi connectivity index (χ1) is 7.61. The summed E-state index contributed by atoms with van der Waals surface area (Å²) in [5.74, 6) is 0.704. The Balaban J connectivity index is 2.40. The summed E-state index contributed by atoms with van der Waals surface area (Å²) >= 11 is 0. The number of rotatable bonds is 1. The van der Waals surface area contributed by atoms with Gasteiger partial charge in [0.1, 0.15) is 0 Å². The van der Waals surface area contributed by atoms with Crippen molar-refractivity contribution in [1.82, 2.24) is 0 Å². The van der Waals surface area contributed by atoms with Gasteiger partial charge in [0, 0.05) is 0 Å². The Morgan fingerprint density at radius 1 is 1.00 bits per heavy atom. The first-order valence-corrected chi connectivity index (χ1v) is 6.26. The van der Waals surface area contributed by atoms with Crippen LogP contribution in [0.5, 0.6) is 0 Å². The molecule has 4 N–H and O–H groups in total. The monoisotopic (exact) mass is 218 g/mol. The Morgan fingerprint density at radius 3 is 2.25 bits per heavy atom. The number of hydrogen-bond donors (Lipinski definition) is 2. The van der Waals surface area contributed by atoms with Gasteiger partial charge in [0.2, 0.25) is 0 Å². The van der Waals surface area contributed by atoms with Crippen LogP contribution in [0.2, 0.25) is 0 Å². The molecule has 1 aliphatic carbocycles. The van der Waals surface area contributed by atoms with Crippen molar-refractivity contribution in [3.8, 4) is 0 Å². The third kappa shape index (κ3) is 1.89. The summed E-state index contributed by atoms with van der Waals surface area (Å²) in [6.07, 6.45) is 6.72. The normalized spacial score (nSPS) is 17.6. The molecule has 0 aliphatic heterocycles. The average Bonchev–Trinajstić information content (AvgIpc) is 2.32. The van der Waals surface area contributed by atoms with Gasteiger partial charge in [0.25, 0.3) is 0 Å². The van der Waals surface area contributed by atoms with Crippen LogP contribution >= 0.6 is 0 Å². The molecular weight excluding hydrogens is 196 g/mol. The molecule has 0 bridgehead atoms. The molecular formula is C14H22N2. The molecule has 16 heavy (non-hydrogen) atoms. The number of nitrogen functional groups attached to an aromatic ring is 2. The molecule has 2 nitrogen and oxygen atoms in total. The molecule has 1 fully saturated rings. The first kappa shape index (κ1) is 11.3. The maximum absolute atomic E-state index is 5.97. The van der Waals surface area contributed by atoms with Gasteiger partial charge in [-0.2, -0.15) is 0 Å². The predicted octanol–water partition coefficient (Wildman–Crippen LogP) is 3.52. The van der Waals surface area contributed by atoms with Crippen LogP contribution < -0.4 is 11.5 Å². The third-order valence-corrected chi connectivity index (χ3v) is 4.07. The lowest BCUT2D eigenvalue weighted by atomic mass is 9.81. The zero-order chi connectivity index (χ0) is 11.7. The molecule has 1 aromatic rings. The summed E-state index contributed by atoms with van der Waals surface area (Å²) in [4.78, 5) is 0. The van der Waals surface area contributed by atoms with E-state index in [4.69, 9.17) is 11.5 Å². The number of anilines is 2. The summed E-state index contributed by atoms with van der Waals surface area (Å²) in [7, 11) is 0. The number of benzene rings is 1. The van der Waals surface area contributed by atoms with Gasteiger partial charge < -0.3 is 11.5 Å². The third-order valence-electron chi connectivity index (χ3n) is 4.07. The van der Waals surface area contributed by atoms with E-state index in [1.54, 1.807) is 0 Å². The van der Waals surface area contributed by atoms with E-state index in [1.807, 2.05) is 0 Å². The van der Waals surface area contributed by atoms with Gasteiger partial charge in [-0.1, -0.05) is 19.3 Å². The van der Waals surface area contributed by atoms with Crippen LogP contribution in [-0.4, -0.2) is 0 Å². The Morgan fingerprint density at radius 2 is 1.62 bits per heavy atom. The van der Waals surface area contributed by atoms with E-state index >= 15 is 0 Å². The van der Waals surface area contributed by atoms with Crippen LogP contribution in [0.15, 0.2) is 6.07 Å². The molecule has 0 amide bonds. The van der Waals surface area contributed by atoms with E-state index < -0.39 is 0 Å². The van der Waals surface area contributed by atoms with Gasteiger partial charge in [-0.25, -0.2) is 0 Å². The lowest BCUT2D eigenvalue weighted by Gasteiger charge is -2.25. The van der Waals surface area contributed by atoms with Gasteiger partial charge >= 0.3 is 0 Å². The maximum Gasteiger partial charge on any atom is 0.0580 e. The van der Waals surface area contributed by atoms with Gasteiger partial charge in [0.05, 0.1) is 11.4 Å². The SMILES string of the molecule is Cc1c(C2CCCCC2)cc(N)c(N)c1C. The zero-order valence-electron chi connectivity index (χ0n) is 10.3. The fraction of sp³-hybridized carbons (Fsp3) is 0.571. The van der Waals surface area contributed by atoms with Crippen molar-refractivity contribution < 1.29 is 0 Å². The smallest absolute Gasteiger partial charge is 0.0580 e. The Kier molecular flexibility index (Phi) is 3.08. The minimum absolute atomic E-state index is 0.704. The molecule has 0 spiro atoms.